The van der Waals surface area contributed by atoms with Gasteiger partial charge in [0, 0.05) is 19.4 Å². The van der Waals surface area contributed by atoms with Gasteiger partial charge in [0.1, 0.15) is 0 Å². The minimum absolute atomic E-state index is 0.220. The maximum Gasteiger partial charge on any atom is 0.168 e. The van der Waals surface area contributed by atoms with Crippen LogP contribution in [0, 0.1) is 0 Å². The van der Waals surface area contributed by atoms with E-state index in [0.717, 1.165) is 38.7 Å². The average molecular weight is 214 g/mol. The summed E-state index contributed by atoms with van der Waals surface area (Å²) in [6, 6.07) is 0. The highest BCUT2D eigenvalue weighted by atomic mass is 16.7. The Morgan fingerprint density at radius 1 is 1.13 bits per heavy atom. The fourth-order valence-corrected chi connectivity index (χ4v) is 2.60. The highest BCUT2D eigenvalue weighted by Gasteiger charge is 2.41. The summed E-state index contributed by atoms with van der Waals surface area (Å²) in [6.07, 6.45) is 9.17. The van der Waals surface area contributed by atoms with Crippen molar-refractivity contribution in [3.8, 4) is 0 Å². The Morgan fingerprint density at radius 3 is 2.67 bits per heavy atom. The highest BCUT2D eigenvalue weighted by Crippen LogP contribution is 2.38. The third kappa shape index (κ3) is 2.92. The van der Waals surface area contributed by atoms with E-state index in [1.54, 1.807) is 0 Å². The number of rotatable bonds is 4. The van der Waals surface area contributed by atoms with Crippen LogP contribution in [-0.4, -0.2) is 30.2 Å². The lowest BCUT2D eigenvalue weighted by atomic mass is 9.94. The average Bonchev–Trinajstić information content (AvgIpc) is 2.63. The maximum absolute atomic E-state index is 8.71. The van der Waals surface area contributed by atoms with E-state index >= 15 is 0 Å². The predicted molar refractivity (Wildman–Crippen MR) is 57.6 cm³/mol. The van der Waals surface area contributed by atoms with Gasteiger partial charge in [0.25, 0.3) is 0 Å². The third-order valence-corrected chi connectivity index (χ3v) is 3.46. The first-order valence-electron chi connectivity index (χ1n) is 6.27. The Bertz CT molecular complexity index is 185. The molecule has 2 fully saturated rings. The number of hydrogen-bond acceptors (Lipinski definition) is 3. The molecule has 3 heteroatoms. The number of hydrogen-bond donors (Lipinski definition) is 1. The second-order valence-corrected chi connectivity index (χ2v) is 4.74. The summed E-state index contributed by atoms with van der Waals surface area (Å²) in [5, 5.41) is 8.71. The highest BCUT2D eigenvalue weighted by molar-refractivity contribution is 4.82. The molecular formula is C12H22O3. The molecule has 15 heavy (non-hydrogen) atoms. The molecule has 1 atom stereocenters. The summed E-state index contributed by atoms with van der Waals surface area (Å²) < 4.78 is 11.9. The van der Waals surface area contributed by atoms with Gasteiger partial charge >= 0.3 is 0 Å². The third-order valence-electron chi connectivity index (χ3n) is 3.46. The van der Waals surface area contributed by atoms with E-state index in [0.29, 0.717) is 6.61 Å². The Labute approximate surface area is 91.8 Å². The Balaban J connectivity index is 1.73. The summed E-state index contributed by atoms with van der Waals surface area (Å²) in [5.74, 6) is -0.220. The van der Waals surface area contributed by atoms with Crippen molar-refractivity contribution in [2.75, 3.05) is 13.2 Å². The molecule has 2 rings (SSSR count). The summed E-state index contributed by atoms with van der Waals surface area (Å²) in [5.41, 5.74) is 0. The molecule has 1 aliphatic carbocycles. The molecule has 1 spiro atoms. The van der Waals surface area contributed by atoms with E-state index in [2.05, 4.69) is 0 Å². The van der Waals surface area contributed by atoms with Gasteiger partial charge < -0.3 is 14.6 Å². The lowest BCUT2D eigenvalue weighted by Gasteiger charge is -2.31. The molecule has 1 N–H and O–H groups in total. The van der Waals surface area contributed by atoms with Crippen molar-refractivity contribution in [1.82, 2.24) is 0 Å². The molecule has 0 bridgehead atoms. The van der Waals surface area contributed by atoms with Crippen molar-refractivity contribution in [2.45, 2.75) is 63.3 Å². The van der Waals surface area contributed by atoms with Crippen LogP contribution in [-0.2, 0) is 9.47 Å². The molecule has 0 unspecified atom stereocenters. The molecule has 0 aromatic carbocycles. The molecular weight excluding hydrogens is 192 g/mol. The van der Waals surface area contributed by atoms with Crippen LogP contribution in [0.1, 0.15) is 51.4 Å². The largest absolute Gasteiger partial charge is 0.396 e. The van der Waals surface area contributed by atoms with Gasteiger partial charge in [-0.1, -0.05) is 6.42 Å². The van der Waals surface area contributed by atoms with Gasteiger partial charge in [-0.15, -0.1) is 0 Å². The van der Waals surface area contributed by atoms with Gasteiger partial charge in [0.15, 0.2) is 5.79 Å². The Morgan fingerprint density at radius 2 is 1.93 bits per heavy atom. The van der Waals surface area contributed by atoms with Crippen molar-refractivity contribution in [2.24, 2.45) is 0 Å². The second kappa shape index (κ2) is 5.28. The molecule has 2 aliphatic rings. The minimum Gasteiger partial charge on any atom is -0.396 e. The van der Waals surface area contributed by atoms with E-state index in [4.69, 9.17) is 14.6 Å². The number of aliphatic hydroxyl groups excluding tert-OH is 1. The SMILES string of the molecule is OCCCC[C@H]1COC2(CCCCC2)O1. The molecule has 1 saturated heterocycles. The first kappa shape index (κ1) is 11.4. The standard InChI is InChI=1S/C12H22O3/c13-9-5-2-6-11-10-14-12(15-11)7-3-1-4-8-12/h11,13H,1-10H2/t11-/m0/s1. The van der Waals surface area contributed by atoms with E-state index in [9.17, 15) is 0 Å². The fraction of sp³-hybridized carbons (Fsp3) is 1.00. The van der Waals surface area contributed by atoms with Crippen LogP contribution in [0.15, 0.2) is 0 Å². The Kier molecular flexibility index (Phi) is 4.00. The van der Waals surface area contributed by atoms with Gasteiger partial charge in [-0.25, -0.2) is 0 Å². The molecule has 0 aromatic heterocycles. The maximum atomic E-state index is 8.71. The van der Waals surface area contributed by atoms with Crippen molar-refractivity contribution >= 4 is 0 Å². The lowest BCUT2D eigenvalue weighted by molar-refractivity contribution is -0.187. The van der Waals surface area contributed by atoms with Gasteiger partial charge in [0.05, 0.1) is 12.7 Å². The summed E-state index contributed by atoms with van der Waals surface area (Å²) >= 11 is 0. The molecule has 1 saturated carbocycles. The van der Waals surface area contributed by atoms with Crippen molar-refractivity contribution < 1.29 is 14.6 Å². The van der Waals surface area contributed by atoms with Crippen LogP contribution in [0.4, 0.5) is 0 Å². The molecule has 3 nitrogen and oxygen atoms in total. The molecule has 0 amide bonds. The molecule has 88 valence electrons. The van der Waals surface area contributed by atoms with Crippen LogP contribution in [0.25, 0.3) is 0 Å². The predicted octanol–water partition coefficient (Wildman–Crippen LogP) is 2.22. The molecule has 1 aliphatic heterocycles. The van der Waals surface area contributed by atoms with E-state index in [-0.39, 0.29) is 11.9 Å². The van der Waals surface area contributed by atoms with Crippen molar-refractivity contribution in [1.29, 1.82) is 0 Å². The summed E-state index contributed by atoms with van der Waals surface area (Å²) in [4.78, 5) is 0. The number of ether oxygens (including phenoxy) is 2. The van der Waals surface area contributed by atoms with E-state index < -0.39 is 0 Å². The zero-order valence-electron chi connectivity index (χ0n) is 9.41. The van der Waals surface area contributed by atoms with Crippen molar-refractivity contribution in [3.05, 3.63) is 0 Å². The Hall–Kier alpha value is -0.120. The first-order chi connectivity index (χ1) is 7.35. The van der Waals surface area contributed by atoms with Crippen LogP contribution in [0.3, 0.4) is 0 Å². The van der Waals surface area contributed by atoms with Crippen LogP contribution < -0.4 is 0 Å². The van der Waals surface area contributed by atoms with E-state index in [1.807, 2.05) is 0 Å². The topological polar surface area (TPSA) is 38.7 Å². The second-order valence-electron chi connectivity index (χ2n) is 4.74. The van der Waals surface area contributed by atoms with Crippen LogP contribution in [0.2, 0.25) is 0 Å². The van der Waals surface area contributed by atoms with Crippen LogP contribution in [0.5, 0.6) is 0 Å². The van der Waals surface area contributed by atoms with Gasteiger partial charge in [0.2, 0.25) is 0 Å². The summed E-state index contributed by atoms with van der Waals surface area (Å²) in [6.45, 7) is 1.05. The molecule has 0 aromatic rings. The fourth-order valence-electron chi connectivity index (χ4n) is 2.60. The first-order valence-corrected chi connectivity index (χ1v) is 6.27. The number of unbranched alkanes of at least 4 members (excludes halogenated alkanes) is 1. The van der Waals surface area contributed by atoms with Gasteiger partial charge in [-0.2, -0.15) is 0 Å². The normalized spacial score (nSPS) is 29.8. The van der Waals surface area contributed by atoms with E-state index in [1.165, 1.54) is 19.3 Å². The zero-order valence-corrected chi connectivity index (χ0v) is 9.41. The lowest BCUT2D eigenvalue weighted by Crippen LogP contribution is -2.33. The zero-order chi connectivity index (χ0) is 10.6. The summed E-state index contributed by atoms with van der Waals surface area (Å²) in [7, 11) is 0. The van der Waals surface area contributed by atoms with Gasteiger partial charge in [-0.3, -0.25) is 0 Å². The smallest absolute Gasteiger partial charge is 0.168 e. The molecule has 1 heterocycles. The number of aliphatic hydroxyl groups is 1. The van der Waals surface area contributed by atoms with Crippen molar-refractivity contribution in [3.63, 3.8) is 0 Å². The molecule has 0 radical (unpaired) electrons. The van der Waals surface area contributed by atoms with Gasteiger partial charge in [-0.05, 0) is 32.1 Å². The minimum atomic E-state index is -0.220. The quantitative estimate of drug-likeness (QED) is 0.729. The van der Waals surface area contributed by atoms with Crippen LogP contribution >= 0.6 is 0 Å². The monoisotopic (exact) mass is 214 g/mol.